The average molecular weight is 358 g/mol. The second kappa shape index (κ2) is 9.70. The molecule has 128 valence electrons. The first-order chi connectivity index (χ1) is 10.8. The first-order valence-corrected chi connectivity index (χ1v) is 8.24. The highest BCUT2D eigenvalue weighted by Crippen LogP contribution is 2.25. The molecule has 0 aromatic heterocycles. The van der Waals surface area contributed by atoms with Crippen LogP contribution in [0.15, 0.2) is 24.3 Å². The minimum Gasteiger partial charge on any atom is -0.383 e. The third-order valence-electron chi connectivity index (χ3n) is 3.27. The van der Waals surface area contributed by atoms with Crippen molar-refractivity contribution in [2.75, 3.05) is 13.7 Å². The van der Waals surface area contributed by atoms with Crippen LogP contribution in [-0.2, 0) is 9.53 Å². The Morgan fingerprint density at radius 2 is 1.83 bits per heavy atom. The molecule has 0 saturated heterocycles. The zero-order chi connectivity index (χ0) is 17.4. The SMILES string of the molecule is COC[C@H](C)NC(=S)NNC(=O)[C@H](c1ccc(Cl)cc1)C(C)C. The van der Waals surface area contributed by atoms with E-state index in [0.717, 1.165) is 5.56 Å². The highest BCUT2D eigenvalue weighted by molar-refractivity contribution is 7.80. The van der Waals surface area contributed by atoms with Crippen LogP contribution in [0.4, 0.5) is 0 Å². The van der Waals surface area contributed by atoms with Crippen molar-refractivity contribution in [1.82, 2.24) is 16.2 Å². The minimum atomic E-state index is -0.293. The Hall–Kier alpha value is -1.37. The summed E-state index contributed by atoms with van der Waals surface area (Å²) >= 11 is 11.0. The molecule has 0 aliphatic heterocycles. The molecule has 7 heteroatoms. The summed E-state index contributed by atoms with van der Waals surface area (Å²) in [7, 11) is 1.62. The van der Waals surface area contributed by atoms with Crippen LogP contribution < -0.4 is 16.2 Å². The maximum atomic E-state index is 12.5. The standard InChI is InChI=1S/C16H24ClN3O2S/c1-10(2)14(12-5-7-13(17)8-6-12)15(21)19-20-16(23)18-11(3)9-22-4/h5-8,10-11,14H,9H2,1-4H3,(H,19,21)(H2,18,20,23)/t11-,14-/m0/s1. The summed E-state index contributed by atoms with van der Waals surface area (Å²) in [6.07, 6.45) is 0. The molecule has 1 amide bonds. The lowest BCUT2D eigenvalue weighted by Crippen LogP contribution is -2.51. The molecular formula is C16H24ClN3O2S. The molecule has 0 spiro atoms. The zero-order valence-corrected chi connectivity index (χ0v) is 15.4. The third kappa shape index (κ3) is 6.72. The fourth-order valence-electron chi connectivity index (χ4n) is 2.26. The Labute approximate surface area is 148 Å². The van der Waals surface area contributed by atoms with Gasteiger partial charge in [-0.3, -0.25) is 15.6 Å². The summed E-state index contributed by atoms with van der Waals surface area (Å²) in [5, 5.41) is 4.01. The molecule has 0 aliphatic rings. The molecule has 3 N–H and O–H groups in total. The lowest BCUT2D eigenvalue weighted by molar-refractivity contribution is -0.124. The van der Waals surface area contributed by atoms with Gasteiger partial charge in [0.2, 0.25) is 5.91 Å². The number of carbonyl (C=O) groups is 1. The van der Waals surface area contributed by atoms with E-state index in [1.807, 2.05) is 32.9 Å². The predicted octanol–water partition coefficient (Wildman–Crippen LogP) is 2.61. The molecular weight excluding hydrogens is 334 g/mol. The van der Waals surface area contributed by atoms with Gasteiger partial charge >= 0.3 is 0 Å². The van der Waals surface area contributed by atoms with E-state index >= 15 is 0 Å². The number of carbonyl (C=O) groups excluding carboxylic acids is 1. The maximum absolute atomic E-state index is 12.5. The number of halogens is 1. The van der Waals surface area contributed by atoms with Crippen molar-refractivity contribution in [3.8, 4) is 0 Å². The van der Waals surface area contributed by atoms with Crippen molar-refractivity contribution >= 4 is 34.8 Å². The first kappa shape index (κ1) is 19.7. The van der Waals surface area contributed by atoms with Crippen molar-refractivity contribution in [3.63, 3.8) is 0 Å². The lowest BCUT2D eigenvalue weighted by atomic mass is 9.88. The summed E-state index contributed by atoms with van der Waals surface area (Å²) in [5.74, 6) is -0.309. The van der Waals surface area contributed by atoms with Gasteiger partial charge in [0, 0.05) is 18.2 Å². The van der Waals surface area contributed by atoms with Gasteiger partial charge in [-0.1, -0.05) is 37.6 Å². The van der Waals surface area contributed by atoms with Gasteiger partial charge in [0.1, 0.15) is 0 Å². The van der Waals surface area contributed by atoms with E-state index in [1.165, 1.54) is 0 Å². The summed E-state index contributed by atoms with van der Waals surface area (Å²) < 4.78 is 5.02. The van der Waals surface area contributed by atoms with Crippen molar-refractivity contribution in [2.24, 2.45) is 5.92 Å². The molecule has 0 saturated carbocycles. The number of rotatable bonds is 6. The van der Waals surface area contributed by atoms with Gasteiger partial charge in [-0.05, 0) is 42.8 Å². The monoisotopic (exact) mass is 357 g/mol. The number of amides is 1. The molecule has 1 aromatic rings. The van der Waals surface area contributed by atoms with Crippen molar-refractivity contribution in [1.29, 1.82) is 0 Å². The van der Waals surface area contributed by atoms with E-state index in [9.17, 15) is 4.79 Å². The number of thiocarbonyl (C=S) groups is 1. The van der Waals surface area contributed by atoms with Gasteiger partial charge in [-0.15, -0.1) is 0 Å². The minimum absolute atomic E-state index is 0.0501. The van der Waals surface area contributed by atoms with Gasteiger partial charge in [0.25, 0.3) is 0 Å². The quantitative estimate of drug-likeness (QED) is 0.539. The Morgan fingerprint density at radius 3 is 2.35 bits per heavy atom. The van der Waals surface area contributed by atoms with E-state index in [2.05, 4.69) is 16.2 Å². The van der Waals surface area contributed by atoms with Crippen LogP contribution in [0, 0.1) is 5.92 Å². The van der Waals surface area contributed by atoms with Crippen molar-refractivity contribution in [2.45, 2.75) is 32.7 Å². The van der Waals surface area contributed by atoms with E-state index in [0.29, 0.717) is 16.7 Å². The molecule has 0 fully saturated rings. The Balaban J connectivity index is 2.62. The number of ether oxygens (including phenoxy) is 1. The fourth-order valence-corrected chi connectivity index (χ4v) is 2.64. The molecule has 0 heterocycles. The van der Waals surface area contributed by atoms with Gasteiger partial charge in [-0.25, -0.2) is 0 Å². The van der Waals surface area contributed by atoms with Crippen LogP contribution in [0.5, 0.6) is 0 Å². The first-order valence-electron chi connectivity index (χ1n) is 7.46. The fraction of sp³-hybridized carbons (Fsp3) is 0.500. The molecule has 23 heavy (non-hydrogen) atoms. The smallest absolute Gasteiger partial charge is 0.246 e. The molecule has 5 nitrogen and oxygen atoms in total. The van der Waals surface area contributed by atoms with Crippen molar-refractivity contribution in [3.05, 3.63) is 34.9 Å². The van der Waals surface area contributed by atoms with Gasteiger partial charge in [0.05, 0.1) is 12.5 Å². The van der Waals surface area contributed by atoms with Crippen LogP contribution >= 0.6 is 23.8 Å². The largest absolute Gasteiger partial charge is 0.383 e. The van der Waals surface area contributed by atoms with Crippen LogP contribution in [0.2, 0.25) is 5.02 Å². The Morgan fingerprint density at radius 1 is 1.22 bits per heavy atom. The number of nitrogens with one attached hydrogen (secondary N) is 3. The molecule has 0 bridgehead atoms. The highest BCUT2D eigenvalue weighted by atomic mass is 35.5. The zero-order valence-electron chi connectivity index (χ0n) is 13.9. The summed E-state index contributed by atoms with van der Waals surface area (Å²) in [6.45, 7) is 6.45. The molecule has 0 radical (unpaired) electrons. The molecule has 1 rings (SSSR count). The molecule has 1 aromatic carbocycles. The highest BCUT2D eigenvalue weighted by Gasteiger charge is 2.24. The number of hydrogen-bond acceptors (Lipinski definition) is 3. The normalized spacial score (nSPS) is 13.3. The third-order valence-corrected chi connectivity index (χ3v) is 3.74. The van der Waals surface area contributed by atoms with E-state index in [1.54, 1.807) is 19.2 Å². The summed E-state index contributed by atoms with van der Waals surface area (Å²) in [6, 6.07) is 7.35. The van der Waals surface area contributed by atoms with Crippen molar-refractivity contribution < 1.29 is 9.53 Å². The number of hydrogen-bond donors (Lipinski definition) is 3. The average Bonchev–Trinajstić information content (AvgIpc) is 2.47. The van der Waals surface area contributed by atoms with Gasteiger partial charge in [-0.2, -0.15) is 0 Å². The second-order valence-corrected chi connectivity index (χ2v) is 6.56. The van der Waals surface area contributed by atoms with Gasteiger partial charge < -0.3 is 10.1 Å². The van der Waals surface area contributed by atoms with Crippen LogP contribution in [0.25, 0.3) is 0 Å². The Kier molecular flexibility index (Phi) is 8.30. The molecule has 2 atom stereocenters. The molecule has 0 aliphatic carbocycles. The van der Waals surface area contributed by atoms with E-state index < -0.39 is 0 Å². The maximum Gasteiger partial charge on any atom is 0.246 e. The van der Waals surface area contributed by atoms with Crippen LogP contribution in [-0.4, -0.2) is 30.8 Å². The Bertz CT molecular complexity index is 523. The van der Waals surface area contributed by atoms with E-state index in [4.69, 9.17) is 28.6 Å². The van der Waals surface area contributed by atoms with Crippen LogP contribution in [0.3, 0.4) is 0 Å². The number of hydrazine groups is 1. The number of benzene rings is 1. The topological polar surface area (TPSA) is 62.4 Å². The summed E-state index contributed by atoms with van der Waals surface area (Å²) in [5.41, 5.74) is 6.30. The second-order valence-electron chi connectivity index (χ2n) is 5.72. The van der Waals surface area contributed by atoms with Crippen LogP contribution in [0.1, 0.15) is 32.3 Å². The summed E-state index contributed by atoms with van der Waals surface area (Å²) in [4.78, 5) is 12.5. The van der Waals surface area contributed by atoms with E-state index in [-0.39, 0.29) is 23.8 Å². The predicted molar refractivity (Wildman–Crippen MR) is 97.4 cm³/mol. The lowest BCUT2D eigenvalue weighted by Gasteiger charge is -2.22. The molecule has 0 unspecified atom stereocenters. The van der Waals surface area contributed by atoms with Gasteiger partial charge in [0.15, 0.2) is 5.11 Å². The number of methoxy groups -OCH3 is 1.